The van der Waals surface area contributed by atoms with Crippen LogP contribution in [0.5, 0.6) is 5.75 Å². The van der Waals surface area contributed by atoms with E-state index in [0.717, 1.165) is 17.0 Å². The van der Waals surface area contributed by atoms with Gasteiger partial charge in [-0.05, 0) is 62.3 Å². The highest BCUT2D eigenvalue weighted by atomic mass is 32.1. The molecule has 5 heteroatoms. The number of aryl methyl sites for hydroxylation is 1. The van der Waals surface area contributed by atoms with Crippen molar-refractivity contribution in [2.24, 2.45) is 5.10 Å². The Hall–Kier alpha value is -2.40. The number of ether oxygens (including phenoxy) is 1. The minimum absolute atomic E-state index is 0.448. The third-order valence-corrected chi connectivity index (χ3v) is 3.63. The van der Waals surface area contributed by atoms with Crippen molar-refractivity contribution in [1.82, 2.24) is 5.43 Å². The zero-order valence-electron chi connectivity index (χ0n) is 13.6. The van der Waals surface area contributed by atoms with Gasteiger partial charge in [0.1, 0.15) is 5.75 Å². The number of rotatable bonds is 5. The summed E-state index contributed by atoms with van der Waals surface area (Å²) in [5.41, 5.74) is 7.09. The lowest BCUT2D eigenvalue weighted by Gasteiger charge is -2.11. The molecular weight excluding hydrogens is 306 g/mol. The summed E-state index contributed by atoms with van der Waals surface area (Å²) >= 11 is 5.27. The first kappa shape index (κ1) is 17.0. The molecule has 0 saturated heterocycles. The lowest BCUT2D eigenvalue weighted by atomic mass is 10.1. The largest absolute Gasteiger partial charge is 0.493 e. The molecule has 120 valence electrons. The molecule has 0 bridgehead atoms. The molecule has 2 aromatic carbocycles. The van der Waals surface area contributed by atoms with E-state index in [9.17, 15) is 0 Å². The molecule has 2 rings (SSSR count). The third kappa shape index (κ3) is 4.79. The first-order valence-electron chi connectivity index (χ1n) is 7.50. The maximum atomic E-state index is 5.55. The predicted octanol–water partition coefficient (Wildman–Crippen LogP) is 4.02. The summed E-state index contributed by atoms with van der Waals surface area (Å²) in [5.74, 6) is 0.800. The quantitative estimate of drug-likeness (QED) is 0.494. The monoisotopic (exact) mass is 327 g/mol. The Labute approximate surface area is 142 Å². The van der Waals surface area contributed by atoms with Crippen LogP contribution in [-0.2, 0) is 0 Å². The Morgan fingerprint density at radius 2 is 1.96 bits per heavy atom. The van der Waals surface area contributed by atoms with Crippen molar-refractivity contribution in [3.8, 4) is 5.75 Å². The average Bonchev–Trinajstić information content (AvgIpc) is 2.54. The lowest BCUT2D eigenvalue weighted by Crippen LogP contribution is -2.24. The van der Waals surface area contributed by atoms with E-state index >= 15 is 0 Å². The number of thiocarbonyl (C=S) groups is 1. The molecular formula is C18H21N3OS. The van der Waals surface area contributed by atoms with Gasteiger partial charge in [0.15, 0.2) is 5.11 Å². The van der Waals surface area contributed by atoms with Crippen molar-refractivity contribution in [3.63, 3.8) is 0 Å². The fourth-order valence-corrected chi connectivity index (χ4v) is 2.23. The minimum atomic E-state index is 0.448. The molecule has 0 amide bonds. The van der Waals surface area contributed by atoms with Crippen molar-refractivity contribution >= 4 is 29.2 Å². The number of nitrogens with zero attached hydrogens (tertiary/aromatic N) is 1. The average molecular weight is 327 g/mol. The van der Waals surface area contributed by atoms with Gasteiger partial charge in [-0.2, -0.15) is 5.10 Å². The predicted molar refractivity (Wildman–Crippen MR) is 100 cm³/mol. The molecule has 2 N–H and O–H groups in total. The van der Waals surface area contributed by atoms with Crippen molar-refractivity contribution in [2.45, 2.75) is 20.8 Å². The Morgan fingerprint density at radius 3 is 2.74 bits per heavy atom. The van der Waals surface area contributed by atoms with E-state index in [1.54, 1.807) is 6.21 Å². The first-order valence-corrected chi connectivity index (χ1v) is 7.90. The van der Waals surface area contributed by atoms with Gasteiger partial charge in [-0.15, -0.1) is 0 Å². The molecule has 0 unspecified atom stereocenters. The summed E-state index contributed by atoms with van der Waals surface area (Å²) in [6.45, 7) is 6.70. The normalized spacial score (nSPS) is 10.6. The van der Waals surface area contributed by atoms with Crippen LogP contribution >= 0.6 is 12.2 Å². The van der Waals surface area contributed by atoms with Gasteiger partial charge in [-0.25, -0.2) is 0 Å². The SMILES string of the molecule is CCOc1ccccc1/C=N/NC(=S)Nc1cccc(C)c1C. The van der Waals surface area contributed by atoms with E-state index in [1.807, 2.05) is 43.3 Å². The number of hydrogen-bond acceptors (Lipinski definition) is 3. The lowest BCUT2D eigenvalue weighted by molar-refractivity contribution is 0.340. The van der Waals surface area contributed by atoms with Crippen LogP contribution in [0.4, 0.5) is 5.69 Å². The summed E-state index contributed by atoms with van der Waals surface area (Å²) in [4.78, 5) is 0. The molecule has 0 atom stereocenters. The fraction of sp³-hybridized carbons (Fsp3) is 0.222. The third-order valence-electron chi connectivity index (χ3n) is 3.44. The van der Waals surface area contributed by atoms with Gasteiger partial charge in [-0.3, -0.25) is 5.43 Å². The topological polar surface area (TPSA) is 45.6 Å². The van der Waals surface area contributed by atoms with Crippen LogP contribution in [0.3, 0.4) is 0 Å². The standard InChI is InChI=1S/C18H21N3OS/c1-4-22-17-11-6-5-9-15(17)12-19-21-18(23)20-16-10-7-8-13(2)14(16)3/h5-12H,4H2,1-3H3,(H2,20,21,23)/b19-12+. The van der Waals surface area contributed by atoms with Gasteiger partial charge in [0.25, 0.3) is 0 Å². The van der Waals surface area contributed by atoms with Gasteiger partial charge in [0.2, 0.25) is 0 Å². The van der Waals surface area contributed by atoms with Crippen molar-refractivity contribution in [2.75, 3.05) is 11.9 Å². The number of para-hydroxylation sites is 1. The molecule has 0 aromatic heterocycles. The van der Waals surface area contributed by atoms with Gasteiger partial charge >= 0.3 is 0 Å². The van der Waals surface area contributed by atoms with Crippen molar-refractivity contribution < 1.29 is 4.74 Å². The minimum Gasteiger partial charge on any atom is -0.493 e. The molecule has 0 heterocycles. The van der Waals surface area contributed by atoms with Crippen LogP contribution in [0.2, 0.25) is 0 Å². The van der Waals surface area contributed by atoms with Gasteiger partial charge in [0, 0.05) is 11.3 Å². The highest BCUT2D eigenvalue weighted by Crippen LogP contribution is 2.18. The van der Waals surface area contributed by atoms with E-state index in [1.165, 1.54) is 11.1 Å². The van der Waals surface area contributed by atoms with Crippen LogP contribution < -0.4 is 15.5 Å². The Balaban J connectivity index is 1.98. The number of hydrazone groups is 1. The van der Waals surface area contributed by atoms with Crippen molar-refractivity contribution in [3.05, 3.63) is 59.2 Å². The molecule has 0 fully saturated rings. The highest BCUT2D eigenvalue weighted by Gasteiger charge is 2.02. The number of nitrogens with one attached hydrogen (secondary N) is 2. The zero-order valence-corrected chi connectivity index (χ0v) is 14.4. The molecule has 0 saturated carbocycles. The van der Waals surface area contributed by atoms with Gasteiger partial charge in [-0.1, -0.05) is 24.3 Å². The summed E-state index contributed by atoms with van der Waals surface area (Å²) in [5, 5.41) is 7.77. The number of benzene rings is 2. The summed E-state index contributed by atoms with van der Waals surface area (Å²) in [6.07, 6.45) is 1.70. The molecule has 0 radical (unpaired) electrons. The Kier molecular flexibility index (Phi) is 6.11. The second kappa shape index (κ2) is 8.29. The van der Waals surface area contributed by atoms with Crippen LogP contribution in [0, 0.1) is 13.8 Å². The molecule has 0 aliphatic carbocycles. The summed E-state index contributed by atoms with van der Waals surface area (Å²) in [6, 6.07) is 13.8. The molecule has 0 spiro atoms. The van der Waals surface area contributed by atoms with Gasteiger partial charge < -0.3 is 10.1 Å². The second-order valence-electron chi connectivity index (χ2n) is 5.04. The molecule has 0 aliphatic rings. The second-order valence-corrected chi connectivity index (χ2v) is 5.45. The molecule has 4 nitrogen and oxygen atoms in total. The smallest absolute Gasteiger partial charge is 0.191 e. The van der Waals surface area contributed by atoms with Crippen LogP contribution in [0.1, 0.15) is 23.6 Å². The maximum Gasteiger partial charge on any atom is 0.191 e. The molecule has 23 heavy (non-hydrogen) atoms. The highest BCUT2D eigenvalue weighted by molar-refractivity contribution is 7.80. The van der Waals surface area contributed by atoms with E-state index < -0.39 is 0 Å². The van der Waals surface area contributed by atoms with Crippen molar-refractivity contribution in [1.29, 1.82) is 0 Å². The van der Waals surface area contributed by atoms with E-state index in [2.05, 4.69) is 35.8 Å². The van der Waals surface area contributed by atoms with Crippen LogP contribution in [0.25, 0.3) is 0 Å². The Bertz CT molecular complexity index is 713. The summed E-state index contributed by atoms with van der Waals surface area (Å²) in [7, 11) is 0. The molecule has 2 aromatic rings. The van der Waals surface area contributed by atoms with Crippen LogP contribution in [0.15, 0.2) is 47.6 Å². The Morgan fingerprint density at radius 1 is 1.17 bits per heavy atom. The molecule has 0 aliphatic heterocycles. The fourth-order valence-electron chi connectivity index (χ4n) is 2.07. The van der Waals surface area contributed by atoms with Gasteiger partial charge in [0.05, 0.1) is 12.8 Å². The van der Waals surface area contributed by atoms with E-state index in [4.69, 9.17) is 17.0 Å². The first-order chi connectivity index (χ1) is 11.1. The zero-order chi connectivity index (χ0) is 16.7. The summed E-state index contributed by atoms with van der Waals surface area (Å²) < 4.78 is 5.55. The van der Waals surface area contributed by atoms with E-state index in [0.29, 0.717) is 11.7 Å². The van der Waals surface area contributed by atoms with Crippen LogP contribution in [-0.4, -0.2) is 17.9 Å². The number of anilines is 1. The maximum absolute atomic E-state index is 5.55. The van der Waals surface area contributed by atoms with E-state index in [-0.39, 0.29) is 0 Å². The number of hydrogen-bond donors (Lipinski definition) is 2.